The fourth-order valence-electron chi connectivity index (χ4n) is 3.56. The molecule has 134 valence electrons. The average molecular weight is 345 g/mol. The van der Waals surface area contributed by atoms with E-state index in [0.29, 0.717) is 38.6 Å². The first-order chi connectivity index (χ1) is 12.1. The molecule has 7 heteroatoms. The molecule has 1 saturated heterocycles. The van der Waals surface area contributed by atoms with Crippen LogP contribution in [0, 0.1) is 11.8 Å². The Balaban J connectivity index is 1.47. The fraction of sp³-hybridized carbons (Fsp3) is 0.556. The third-order valence-corrected chi connectivity index (χ3v) is 5.18. The van der Waals surface area contributed by atoms with Crippen LogP contribution in [0.5, 0.6) is 11.5 Å². The Morgan fingerprint density at radius 2 is 1.92 bits per heavy atom. The number of benzene rings is 1. The van der Waals surface area contributed by atoms with E-state index >= 15 is 0 Å². The van der Waals surface area contributed by atoms with E-state index in [2.05, 4.69) is 5.32 Å². The van der Waals surface area contributed by atoms with Crippen molar-refractivity contribution in [3.8, 4) is 11.5 Å². The molecule has 2 heterocycles. The predicted octanol–water partition coefficient (Wildman–Crippen LogP) is 1.43. The van der Waals surface area contributed by atoms with E-state index in [-0.39, 0.29) is 23.9 Å². The number of amides is 3. The van der Waals surface area contributed by atoms with Gasteiger partial charge < -0.3 is 25.4 Å². The number of likely N-dealkylation sites (tertiary alicyclic amines) is 1. The quantitative estimate of drug-likeness (QED) is 0.863. The molecule has 7 nitrogen and oxygen atoms in total. The SMILES string of the molecule is NC(=O)[C@@H]1CCN(C(=O)N[C@H](c2ccc3c(c2)OCCO3)C2CC2)C1. The summed E-state index contributed by atoms with van der Waals surface area (Å²) in [7, 11) is 0. The van der Waals surface area contributed by atoms with Gasteiger partial charge in [0.05, 0.1) is 12.0 Å². The van der Waals surface area contributed by atoms with E-state index in [1.165, 1.54) is 0 Å². The summed E-state index contributed by atoms with van der Waals surface area (Å²) in [6.45, 7) is 2.07. The summed E-state index contributed by atoms with van der Waals surface area (Å²) in [6.07, 6.45) is 2.84. The zero-order chi connectivity index (χ0) is 17.4. The Hall–Kier alpha value is -2.44. The first kappa shape index (κ1) is 16.1. The molecule has 2 atom stereocenters. The molecule has 0 unspecified atom stereocenters. The van der Waals surface area contributed by atoms with Crippen LogP contribution in [0.3, 0.4) is 0 Å². The summed E-state index contributed by atoms with van der Waals surface area (Å²) in [5, 5.41) is 3.14. The van der Waals surface area contributed by atoms with Gasteiger partial charge in [-0.2, -0.15) is 0 Å². The van der Waals surface area contributed by atoms with Crippen LogP contribution in [-0.4, -0.2) is 43.1 Å². The van der Waals surface area contributed by atoms with Crippen molar-refractivity contribution in [2.75, 3.05) is 26.3 Å². The van der Waals surface area contributed by atoms with Crippen molar-refractivity contribution < 1.29 is 19.1 Å². The second kappa shape index (κ2) is 6.46. The molecule has 1 saturated carbocycles. The van der Waals surface area contributed by atoms with Crippen molar-refractivity contribution in [3.63, 3.8) is 0 Å². The van der Waals surface area contributed by atoms with Crippen LogP contribution in [0.15, 0.2) is 18.2 Å². The van der Waals surface area contributed by atoms with Gasteiger partial charge in [-0.15, -0.1) is 0 Å². The number of primary amides is 1. The molecule has 0 bridgehead atoms. The number of fused-ring (bicyclic) bond motifs is 1. The second-order valence-corrected chi connectivity index (χ2v) is 7.00. The molecule has 1 aliphatic carbocycles. The van der Waals surface area contributed by atoms with E-state index in [4.69, 9.17) is 15.2 Å². The second-order valence-electron chi connectivity index (χ2n) is 7.00. The molecule has 4 rings (SSSR count). The lowest BCUT2D eigenvalue weighted by molar-refractivity contribution is -0.121. The number of hydrogen-bond donors (Lipinski definition) is 2. The Labute approximate surface area is 146 Å². The predicted molar refractivity (Wildman–Crippen MR) is 90.3 cm³/mol. The molecule has 0 radical (unpaired) electrons. The molecule has 1 aromatic carbocycles. The van der Waals surface area contributed by atoms with E-state index in [1.807, 2.05) is 18.2 Å². The van der Waals surface area contributed by atoms with Crippen LogP contribution < -0.4 is 20.5 Å². The zero-order valence-electron chi connectivity index (χ0n) is 14.1. The first-order valence-electron chi connectivity index (χ1n) is 8.86. The first-order valence-corrected chi connectivity index (χ1v) is 8.86. The molecule has 0 aromatic heterocycles. The fourth-order valence-corrected chi connectivity index (χ4v) is 3.56. The number of nitrogens with two attached hydrogens (primary N) is 1. The minimum absolute atomic E-state index is 0.0454. The van der Waals surface area contributed by atoms with Gasteiger partial charge in [0.25, 0.3) is 0 Å². The van der Waals surface area contributed by atoms with Crippen molar-refractivity contribution >= 4 is 11.9 Å². The minimum atomic E-state index is -0.333. The monoisotopic (exact) mass is 345 g/mol. The molecule has 25 heavy (non-hydrogen) atoms. The van der Waals surface area contributed by atoms with Crippen LogP contribution >= 0.6 is 0 Å². The standard InChI is InChI=1S/C18H23N3O4/c19-17(22)13-5-6-21(10-13)18(23)20-16(11-1-2-11)12-3-4-14-15(9-12)25-8-7-24-14/h3-4,9,11,13,16H,1-2,5-8,10H2,(H2,19,22)(H,20,23)/t13-,16+/m1/s1. The Kier molecular flexibility index (Phi) is 4.15. The molecule has 0 spiro atoms. The number of urea groups is 1. The summed E-state index contributed by atoms with van der Waals surface area (Å²) in [6, 6.07) is 5.69. The maximum atomic E-state index is 12.6. The van der Waals surface area contributed by atoms with Crippen LogP contribution in [0.25, 0.3) is 0 Å². The Morgan fingerprint density at radius 1 is 1.16 bits per heavy atom. The van der Waals surface area contributed by atoms with Gasteiger partial charge in [-0.05, 0) is 42.9 Å². The van der Waals surface area contributed by atoms with Crippen LogP contribution in [0.1, 0.15) is 30.9 Å². The highest BCUT2D eigenvalue weighted by Crippen LogP contribution is 2.43. The molecule has 2 fully saturated rings. The topological polar surface area (TPSA) is 93.9 Å². The smallest absolute Gasteiger partial charge is 0.317 e. The van der Waals surface area contributed by atoms with Crippen molar-refractivity contribution in [1.29, 1.82) is 0 Å². The van der Waals surface area contributed by atoms with E-state index < -0.39 is 0 Å². The largest absolute Gasteiger partial charge is 0.486 e. The summed E-state index contributed by atoms with van der Waals surface area (Å²) < 4.78 is 11.2. The van der Waals surface area contributed by atoms with Crippen molar-refractivity contribution in [2.24, 2.45) is 17.6 Å². The van der Waals surface area contributed by atoms with Crippen LogP contribution in [-0.2, 0) is 4.79 Å². The maximum Gasteiger partial charge on any atom is 0.317 e. The molecule has 3 aliphatic rings. The van der Waals surface area contributed by atoms with Gasteiger partial charge in [-0.25, -0.2) is 4.79 Å². The minimum Gasteiger partial charge on any atom is -0.486 e. The van der Waals surface area contributed by atoms with Gasteiger partial charge in [0.1, 0.15) is 13.2 Å². The molecule has 3 N–H and O–H groups in total. The van der Waals surface area contributed by atoms with E-state index in [1.54, 1.807) is 4.90 Å². The molecule has 2 aliphatic heterocycles. The summed E-state index contributed by atoms with van der Waals surface area (Å²) >= 11 is 0. The van der Waals surface area contributed by atoms with Gasteiger partial charge >= 0.3 is 6.03 Å². The Bertz CT molecular complexity index is 689. The number of rotatable bonds is 4. The van der Waals surface area contributed by atoms with Gasteiger partial charge in [0.2, 0.25) is 5.91 Å². The zero-order valence-corrected chi connectivity index (χ0v) is 14.1. The number of nitrogens with one attached hydrogen (secondary N) is 1. The summed E-state index contributed by atoms with van der Waals surface area (Å²) in [5.41, 5.74) is 6.39. The lowest BCUT2D eigenvalue weighted by Gasteiger charge is -2.25. The van der Waals surface area contributed by atoms with Crippen molar-refractivity contribution in [1.82, 2.24) is 10.2 Å². The normalized spacial score (nSPS) is 23.2. The number of hydrogen-bond acceptors (Lipinski definition) is 4. The third-order valence-electron chi connectivity index (χ3n) is 5.18. The lowest BCUT2D eigenvalue weighted by atomic mass is 10.0. The third kappa shape index (κ3) is 3.36. The van der Waals surface area contributed by atoms with Crippen LogP contribution in [0.2, 0.25) is 0 Å². The van der Waals surface area contributed by atoms with Gasteiger partial charge in [-0.1, -0.05) is 6.07 Å². The maximum absolute atomic E-state index is 12.6. The molecule has 3 amide bonds. The van der Waals surface area contributed by atoms with Crippen molar-refractivity contribution in [2.45, 2.75) is 25.3 Å². The number of carbonyl (C=O) groups excluding carboxylic acids is 2. The van der Waals surface area contributed by atoms with Gasteiger partial charge in [0, 0.05) is 13.1 Å². The molecular formula is C18H23N3O4. The van der Waals surface area contributed by atoms with E-state index in [9.17, 15) is 9.59 Å². The summed E-state index contributed by atoms with van der Waals surface area (Å²) in [4.78, 5) is 25.6. The summed E-state index contributed by atoms with van der Waals surface area (Å²) in [5.74, 6) is 1.36. The highest BCUT2D eigenvalue weighted by molar-refractivity contribution is 5.80. The highest BCUT2D eigenvalue weighted by Gasteiger charge is 2.36. The average Bonchev–Trinajstić information content (AvgIpc) is 3.33. The highest BCUT2D eigenvalue weighted by atomic mass is 16.6. The van der Waals surface area contributed by atoms with Gasteiger partial charge in [-0.3, -0.25) is 4.79 Å². The van der Waals surface area contributed by atoms with Crippen LogP contribution in [0.4, 0.5) is 4.79 Å². The van der Waals surface area contributed by atoms with E-state index in [0.717, 1.165) is 29.9 Å². The Morgan fingerprint density at radius 3 is 2.60 bits per heavy atom. The number of ether oxygens (including phenoxy) is 2. The lowest BCUT2D eigenvalue weighted by Crippen LogP contribution is -2.41. The number of carbonyl (C=O) groups is 2. The number of nitrogens with zero attached hydrogens (tertiary/aromatic N) is 1. The molecule has 1 aromatic rings. The van der Waals surface area contributed by atoms with Gasteiger partial charge in [0.15, 0.2) is 11.5 Å². The van der Waals surface area contributed by atoms with Crippen molar-refractivity contribution in [3.05, 3.63) is 23.8 Å². The molecular weight excluding hydrogens is 322 g/mol.